The number of para-hydroxylation sites is 2. The van der Waals surface area contributed by atoms with Crippen molar-refractivity contribution >= 4 is 22.8 Å². The molecule has 0 aliphatic heterocycles. The topological polar surface area (TPSA) is 86.9 Å². The van der Waals surface area contributed by atoms with Crippen LogP contribution in [0.15, 0.2) is 24.3 Å². The molecule has 0 radical (unpaired) electrons. The van der Waals surface area contributed by atoms with E-state index in [0.717, 1.165) is 16.9 Å². The molecule has 20 heavy (non-hydrogen) atoms. The first-order chi connectivity index (χ1) is 9.65. The number of hydrogen-bond donors (Lipinski definition) is 3. The third-order valence-corrected chi connectivity index (χ3v) is 2.85. The van der Waals surface area contributed by atoms with Gasteiger partial charge in [-0.05, 0) is 12.1 Å². The van der Waals surface area contributed by atoms with Crippen LogP contribution in [-0.4, -0.2) is 34.9 Å². The molecular weight excluding hydrogens is 256 g/mol. The van der Waals surface area contributed by atoms with E-state index in [4.69, 9.17) is 0 Å². The van der Waals surface area contributed by atoms with Crippen LogP contribution >= 0.6 is 0 Å². The Hall–Kier alpha value is -2.37. The highest BCUT2D eigenvalue weighted by molar-refractivity contribution is 5.77. The second-order valence-corrected chi connectivity index (χ2v) is 4.53. The largest absolute Gasteiger partial charge is 0.355 e. The predicted octanol–water partition coefficient (Wildman–Crippen LogP) is 0.748. The Morgan fingerprint density at radius 1 is 1.20 bits per heavy atom. The Morgan fingerprint density at radius 2 is 1.95 bits per heavy atom. The molecule has 0 unspecified atom stereocenters. The van der Waals surface area contributed by atoms with Crippen molar-refractivity contribution in [2.45, 2.75) is 19.8 Å². The fourth-order valence-corrected chi connectivity index (χ4v) is 1.88. The van der Waals surface area contributed by atoms with E-state index in [1.807, 2.05) is 24.3 Å². The minimum Gasteiger partial charge on any atom is -0.355 e. The van der Waals surface area contributed by atoms with Gasteiger partial charge in [0.25, 0.3) is 0 Å². The first-order valence-corrected chi connectivity index (χ1v) is 6.60. The highest BCUT2D eigenvalue weighted by Crippen LogP contribution is 2.11. The average Bonchev–Trinajstić information content (AvgIpc) is 2.84. The average molecular weight is 274 g/mol. The first-order valence-electron chi connectivity index (χ1n) is 6.60. The summed E-state index contributed by atoms with van der Waals surface area (Å²) in [6.45, 7) is 2.34. The summed E-state index contributed by atoms with van der Waals surface area (Å²) in [7, 11) is 0. The van der Waals surface area contributed by atoms with E-state index in [1.165, 1.54) is 6.92 Å². The summed E-state index contributed by atoms with van der Waals surface area (Å²) in [6, 6.07) is 7.77. The molecule has 6 nitrogen and oxygen atoms in total. The van der Waals surface area contributed by atoms with Gasteiger partial charge in [0.15, 0.2) is 0 Å². The minimum atomic E-state index is -0.0958. The molecule has 0 saturated heterocycles. The lowest BCUT2D eigenvalue weighted by Gasteiger charge is -2.04. The third kappa shape index (κ3) is 4.08. The number of rotatable bonds is 6. The van der Waals surface area contributed by atoms with Gasteiger partial charge in [-0.2, -0.15) is 0 Å². The molecule has 6 heteroatoms. The maximum atomic E-state index is 11.6. The summed E-state index contributed by atoms with van der Waals surface area (Å²) >= 11 is 0. The molecule has 0 bridgehead atoms. The molecule has 0 atom stereocenters. The fraction of sp³-hybridized carbons (Fsp3) is 0.357. The van der Waals surface area contributed by atoms with E-state index < -0.39 is 0 Å². The molecule has 2 aromatic rings. The van der Waals surface area contributed by atoms with Gasteiger partial charge >= 0.3 is 0 Å². The molecule has 0 aliphatic rings. The van der Waals surface area contributed by atoms with Crippen LogP contribution in [-0.2, 0) is 16.0 Å². The van der Waals surface area contributed by atoms with Gasteiger partial charge in [0.1, 0.15) is 5.82 Å². The highest BCUT2D eigenvalue weighted by atomic mass is 16.2. The number of imidazole rings is 1. The van der Waals surface area contributed by atoms with Gasteiger partial charge in [0, 0.05) is 32.9 Å². The maximum Gasteiger partial charge on any atom is 0.220 e. The summed E-state index contributed by atoms with van der Waals surface area (Å²) in [5, 5.41) is 5.37. The van der Waals surface area contributed by atoms with Gasteiger partial charge in [-0.3, -0.25) is 9.59 Å². The lowest BCUT2D eigenvalue weighted by Crippen LogP contribution is -2.33. The number of H-pyrrole nitrogens is 1. The molecule has 1 heterocycles. The molecule has 1 aromatic carbocycles. The van der Waals surface area contributed by atoms with Crippen LogP contribution in [0.5, 0.6) is 0 Å². The summed E-state index contributed by atoms with van der Waals surface area (Å²) in [4.78, 5) is 29.9. The van der Waals surface area contributed by atoms with E-state index >= 15 is 0 Å². The Bertz CT molecular complexity index is 573. The lowest BCUT2D eigenvalue weighted by atomic mass is 10.3. The minimum absolute atomic E-state index is 0.0455. The van der Waals surface area contributed by atoms with E-state index in [1.54, 1.807) is 0 Å². The fourth-order valence-electron chi connectivity index (χ4n) is 1.88. The normalized spacial score (nSPS) is 10.4. The van der Waals surface area contributed by atoms with Crippen molar-refractivity contribution in [2.24, 2.45) is 0 Å². The van der Waals surface area contributed by atoms with Crippen LogP contribution in [0.25, 0.3) is 11.0 Å². The first kappa shape index (κ1) is 14.0. The molecule has 106 valence electrons. The smallest absolute Gasteiger partial charge is 0.220 e. The summed E-state index contributed by atoms with van der Waals surface area (Å²) in [5.41, 5.74) is 1.89. The molecule has 0 aliphatic carbocycles. The number of hydrogen-bond acceptors (Lipinski definition) is 3. The van der Waals surface area contributed by atoms with Crippen molar-refractivity contribution in [3.8, 4) is 0 Å². The van der Waals surface area contributed by atoms with Crippen molar-refractivity contribution in [3.63, 3.8) is 0 Å². The number of carbonyl (C=O) groups excluding carboxylic acids is 2. The number of benzene rings is 1. The van der Waals surface area contributed by atoms with Crippen LogP contribution < -0.4 is 10.6 Å². The second kappa shape index (κ2) is 6.70. The Labute approximate surface area is 117 Å². The Morgan fingerprint density at radius 3 is 2.70 bits per heavy atom. The van der Waals surface area contributed by atoms with Crippen LogP contribution in [0.2, 0.25) is 0 Å². The standard InChI is InChI=1S/C14H18N4O2/c1-10(19)15-8-9-16-14(20)7-6-13-17-11-4-2-3-5-12(11)18-13/h2-5H,6-9H2,1H3,(H,15,19)(H,16,20)(H,17,18). The predicted molar refractivity (Wildman–Crippen MR) is 76.1 cm³/mol. The number of carbonyl (C=O) groups is 2. The van der Waals surface area contributed by atoms with Crippen molar-refractivity contribution in [1.82, 2.24) is 20.6 Å². The number of aryl methyl sites for hydroxylation is 1. The quantitative estimate of drug-likeness (QED) is 0.679. The number of nitrogens with one attached hydrogen (secondary N) is 3. The van der Waals surface area contributed by atoms with Crippen LogP contribution in [0, 0.1) is 0 Å². The maximum absolute atomic E-state index is 11.6. The second-order valence-electron chi connectivity index (χ2n) is 4.53. The monoisotopic (exact) mass is 274 g/mol. The van der Waals surface area contributed by atoms with E-state index in [-0.39, 0.29) is 11.8 Å². The molecule has 1 aromatic heterocycles. The number of fused-ring (bicyclic) bond motifs is 1. The van der Waals surface area contributed by atoms with Crippen molar-refractivity contribution in [1.29, 1.82) is 0 Å². The van der Waals surface area contributed by atoms with Crippen molar-refractivity contribution in [3.05, 3.63) is 30.1 Å². The molecule has 0 spiro atoms. The van der Waals surface area contributed by atoms with Crippen LogP contribution in [0.4, 0.5) is 0 Å². The van der Waals surface area contributed by atoms with Gasteiger partial charge in [-0.15, -0.1) is 0 Å². The Kier molecular flexibility index (Phi) is 4.70. The molecule has 2 amide bonds. The van der Waals surface area contributed by atoms with Crippen molar-refractivity contribution in [2.75, 3.05) is 13.1 Å². The summed E-state index contributed by atoms with van der Waals surface area (Å²) in [6.07, 6.45) is 0.945. The summed E-state index contributed by atoms with van der Waals surface area (Å²) in [5.74, 6) is 0.667. The number of aromatic amines is 1. The molecule has 0 saturated carbocycles. The van der Waals surface area contributed by atoms with Gasteiger partial charge in [-0.25, -0.2) is 4.98 Å². The van der Waals surface area contributed by atoms with Gasteiger partial charge < -0.3 is 15.6 Å². The number of aromatic nitrogens is 2. The van der Waals surface area contributed by atoms with E-state index in [2.05, 4.69) is 20.6 Å². The lowest BCUT2D eigenvalue weighted by molar-refractivity contribution is -0.122. The summed E-state index contributed by atoms with van der Waals surface area (Å²) < 4.78 is 0. The van der Waals surface area contributed by atoms with Crippen molar-refractivity contribution < 1.29 is 9.59 Å². The van der Waals surface area contributed by atoms with Gasteiger partial charge in [0.05, 0.1) is 11.0 Å². The molecule has 0 fully saturated rings. The van der Waals surface area contributed by atoms with Crippen LogP contribution in [0.3, 0.4) is 0 Å². The van der Waals surface area contributed by atoms with E-state index in [9.17, 15) is 9.59 Å². The van der Waals surface area contributed by atoms with E-state index in [0.29, 0.717) is 25.9 Å². The zero-order chi connectivity index (χ0) is 14.4. The molecule has 2 rings (SSSR count). The zero-order valence-corrected chi connectivity index (χ0v) is 11.4. The third-order valence-electron chi connectivity index (χ3n) is 2.85. The zero-order valence-electron chi connectivity index (χ0n) is 11.4. The Balaban J connectivity index is 1.74. The highest BCUT2D eigenvalue weighted by Gasteiger charge is 2.05. The van der Waals surface area contributed by atoms with Crippen LogP contribution in [0.1, 0.15) is 19.2 Å². The molecule has 3 N–H and O–H groups in total. The van der Waals surface area contributed by atoms with Gasteiger partial charge in [-0.1, -0.05) is 12.1 Å². The number of nitrogens with zero attached hydrogens (tertiary/aromatic N) is 1. The van der Waals surface area contributed by atoms with Gasteiger partial charge in [0.2, 0.25) is 11.8 Å². The molecular formula is C14H18N4O2. The number of amides is 2. The SMILES string of the molecule is CC(=O)NCCNC(=O)CCc1nc2ccccc2[nH]1.